The number of amides is 1. The van der Waals surface area contributed by atoms with E-state index in [9.17, 15) is 4.79 Å². The Morgan fingerprint density at radius 1 is 1.21 bits per heavy atom. The van der Waals surface area contributed by atoms with Gasteiger partial charge in [0, 0.05) is 44.8 Å². The highest BCUT2D eigenvalue weighted by atomic mass is 16.5. The van der Waals surface area contributed by atoms with Gasteiger partial charge in [-0.15, -0.1) is 0 Å². The quantitative estimate of drug-likeness (QED) is 0.764. The number of aromatic nitrogens is 2. The van der Waals surface area contributed by atoms with E-state index in [-0.39, 0.29) is 18.1 Å². The molecule has 0 unspecified atom stereocenters. The maximum Gasteiger partial charge on any atom is 0.224 e. The van der Waals surface area contributed by atoms with E-state index in [4.69, 9.17) is 4.74 Å². The summed E-state index contributed by atoms with van der Waals surface area (Å²) in [4.78, 5) is 16.9. The van der Waals surface area contributed by atoms with Gasteiger partial charge in [0.15, 0.2) is 0 Å². The number of hydrogen-bond acceptors (Lipinski definition) is 4. The molecule has 1 atom stereocenters. The SMILES string of the molecule is Cc1cc(C)n([C@H](C)CC(=O)N2CCN(CCOC(C)C)CC2)n1. The summed E-state index contributed by atoms with van der Waals surface area (Å²) in [5.74, 6) is 0.230. The smallest absolute Gasteiger partial charge is 0.224 e. The molecule has 2 heterocycles. The van der Waals surface area contributed by atoms with Gasteiger partial charge in [-0.2, -0.15) is 5.10 Å². The van der Waals surface area contributed by atoms with Gasteiger partial charge in [-0.1, -0.05) is 0 Å². The second kappa shape index (κ2) is 8.62. The fraction of sp³-hybridized carbons (Fsp3) is 0.778. The number of hydrogen-bond donors (Lipinski definition) is 0. The zero-order valence-corrected chi connectivity index (χ0v) is 15.8. The minimum atomic E-state index is 0.101. The van der Waals surface area contributed by atoms with E-state index in [1.807, 2.05) is 23.4 Å². The third kappa shape index (κ3) is 5.31. The fourth-order valence-electron chi connectivity index (χ4n) is 3.20. The van der Waals surface area contributed by atoms with Crippen LogP contribution in [-0.2, 0) is 9.53 Å². The average molecular weight is 336 g/mol. The Bertz CT molecular complexity index is 533. The van der Waals surface area contributed by atoms with Crippen molar-refractivity contribution in [3.8, 4) is 0 Å². The van der Waals surface area contributed by atoms with Crippen LogP contribution in [-0.4, -0.2) is 70.9 Å². The summed E-state index contributed by atoms with van der Waals surface area (Å²) in [7, 11) is 0. The van der Waals surface area contributed by atoms with Crippen molar-refractivity contribution in [2.24, 2.45) is 0 Å². The van der Waals surface area contributed by atoms with Gasteiger partial charge in [0.2, 0.25) is 5.91 Å². The van der Waals surface area contributed by atoms with Crippen LogP contribution in [0.1, 0.15) is 44.6 Å². The minimum Gasteiger partial charge on any atom is -0.377 e. The molecular weight excluding hydrogens is 304 g/mol. The first-order chi connectivity index (χ1) is 11.4. The molecule has 0 bridgehead atoms. The molecule has 24 heavy (non-hydrogen) atoms. The number of rotatable bonds is 7. The van der Waals surface area contributed by atoms with E-state index in [0.29, 0.717) is 6.42 Å². The molecule has 6 nitrogen and oxygen atoms in total. The van der Waals surface area contributed by atoms with Crippen molar-refractivity contribution in [1.29, 1.82) is 0 Å². The van der Waals surface area contributed by atoms with Crippen molar-refractivity contribution in [1.82, 2.24) is 19.6 Å². The van der Waals surface area contributed by atoms with Gasteiger partial charge in [-0.3, -0.25) is 14.4 Å². The lowest BCUT2D eigenvalue weighted by Crippen LogP contribution is -2.49. The second-order valence-corrected chi connectivity index (χ2v) is 7.07. The van der Waals surface area contributed by atoms with Crippen molar-refractivity contribution in [2.45, 2.75) is 53.2 Å². The summed E-state index contributed by atoms with van der Waals surface area (Å²) in [6.07, 6.45) is 0.794. The van der Waals surface area contributed by atoms with E-state index in [1.165, 1.54) is 0 Å². The third-order valence-corrected chi connectivity index (χ3v) is 4.52. The lowest BCUT2D eigenvalue weighted by molar-refractivity contribution is -0.133. The zero-order valence-electron chi connectivity index (χ0n) is 15.8. The van der Waals surface area contributed by atoms with E-state index in [2.05, 4.69) is 36.8 Å². The Morgan fingerprint density at radius 3 is 2.42 bits per heavy atom. The third-order valence-electron chi connectivity index (χ3n) is 4.52. The van der Waals surface area contributed by atoms with Crippen LogP contribution in [0.3, 0.4) is 0 Å². The van der Waals surface area contributed by atoms with E-state index in [0.717, 1.165) is 50.7 Å². The van der Waals surface area contributed by atoms with Crippen LogP contribution in [0.5, 0.6) is 0 Å². The average Bonchev–Trinajstić information content (AvgIpc) is 2.86. The monoisotopic (exact) mass is 336 g/mol. The molecule has 0 radical (unpaired) electrons. The summed E-state index contributed by atoms with van der Waals surface area (Å²) in [5, 5.41) is 4.49. The van der Waals surface area contributed by atoms with Crippen LogP contribution in [0.15, 0.2) is 6.07 Å². The molecule has 1 aromatic rings. The van der Waals surface area contributed by atoms with Gasteiger partial charge in [0.25, 0.3) is 0 Å². The van der Waals surface area contributed by atoms with Crippen LogP contribution in [0, 0.1) is 13.8 Å². The van der Waals surface area contributed by atoms with Crippen molar-refractivity contribution in [2.75, 3.05) is 39.3 Å². The first-order valence-electron chi connectivity index (χ1n) is 9.01. The van der Waals surface area contributed by atoms with Gasteiger partial charge < -0.3 is 9.64 Å². The predicted octanol–water partition coefficient (Wildman–Crippen LogP) is 2.02. The maximum atomic E-state index is 12.6. The van der Waals surface area contributed by atoms with E-state index >= 15 is 0 Å². The summed E-state index contributed by atoms with van der Waals surface area (Å²) in [6.45, 7) is 15.4. The standard InChI is InChI=1S/C18H32N4O2/c1-14(2)24-11-10-20-6-8-21(9-7-20)18(23)13-17(5)22-16(4)12-15(3)19-22/h12,14,17H,6-11,13H2,1-5H3/t17-/m1/s1. The first-order valence-corrected chi connectivity index (χ1v) is 9.01. The molecule has 6 heteroatoms. The van der Waals surface area contributed by atoms with Crippen molar-refractivity contribution in [3.05, 3.63) is 17.5 Å². The Balaban J connectivity index is 1.75. The first kappa shape index (κ1) is 18.9. The fourth-order valence-corrected chi connectivity index (χ4v) is 3.20. The summed E-state index contributed by atoms with van der Waals surface area (Å²) in [5.41, 5.74) is 2.12. The Kier molecular flexibility index (Phi) is 6.80. The maximum absolute atomic E-state index is 12.6. The molecule has 136 valence electrons. The molecule has 1 saturated heterocycles. The summed E-state index contributed by atoms with van der Waals surface area (Å²) >= 11 is 0. The molecule has 0 spiro atoms. The number of aryl methyl sites for hydroxylation is 2. The highest BCUT2D eigenvalue weighted by Gasteiger charge is 2.23. The normalized spacial score (nSPS) is 17.5. The number of nitrogens with zero attached hydrogens (tertiary/aromatic N) is 4. The molecule has 2 rings (SSSR count). The van der Waals surface area contributed by atoms with Gasteiger partial charge in [0.1, 0.15) is 0 Å². The highest BCUT2D eigenvalue weighted by molar-refractivity contribution is 5.76. The molecule has 0 aromatic carbocycles. The van der Waals surface area contributed by atoms with E-state index < -0.39 is 0 Å². The van der Waals surface area contributed by atoms with E-state index in [1.54, 1.807) is 0 Å². The Morgan fingerprint density at radius 2 is 1.88 bits per heavy atom. The predicted molar refractivity (Wildman–Crippen MR) is 95.1 cm³/mol. The molecule has 0 saturated carbocycles. The Hall–Kier alpha value is -1.40. The number of carbonyl (C=O) groups is 1. The molecular formula is C18H32N4O2. The van der Waals surface area contributed by atoms with Crippen LogP contribution in [0.2, 0.25) is 0 Å². The lowest BCUT2D eigenvalue weighted by Gasteiger charge is -2.35. The molecule has 1 aliphatic heterocycles. The van der Waals surface area contributed by atoms with Gasteiger partial charge in [-0.05, 0) is 40.7 Å². The molecule has 1 amide bonds. The van der Waals surface area contributed by atoms with Gasteiger partial charge in [0.05, 0.1) is 24.4 Å². The Labute approximate surface area is 145 Å². The molecule has 1 fully saturated rings. The van der Waals surface area contributed by atoms with Crippen LogP contribution >= 0.6 is 0 Å². The van der Waals surface area contributed by atoms with Crippen LogP contribution in [0.25, 0.3) is 0 Å². The van der Waals surface area contributed by atoms with Crippen LogP contribution < -0.4 is 0 Å². The number of carbonyl (C=O) groups excluding carboxylic acids is 1. The van der Waals surface area contributed by atoms with Crippen molar-refractivity contribution >= 4 is 5.91 Å². The lowest BCUT2D eigenvalue weighted by atomic mass is 10.2. The highest BCUT2D eigenvalue weighted by Crippen LogP contribution is 2.16. The van der Waals surface area contributed by atoms with Crippen molar-refractivity contribution < 1.29 is 9.53 Å². The molecule has 1 aromatic heterocycles. The van der Waals surface area contributed by atoms with Crippen LogP contribution in [0.4, 0.5) is 0 Å². The largest absolute Gasteiger partial charge is 0.377 e. The molecule has 0 N–H and O–H groups in total. The van der Waals surface area contributed by atoms with Gasteiger partial charge in [-0.25, -0.2) is 0 Å². The zero-order chi connectivity index (χ0) is 17.7. The van der Waals surface area contributed by atoms with Gasteiger partial charge >= 0.3 is 0 Å². The second-order valence-electron chi connectivity index (χ2n) is 7.07. The van der Waals surface area contributed by atoms with Crippen molar-refractivity contribution in [3.63, 3.8) is 0 Å². The number of piperazine rings is 1. The summed E-state index contributed by atoms with van der Waals surface area (Å²) < 4.78 is 7.57. The topological polar surface area (TPSA) is 50.6 Å². The minimum absolute atomic E-state index is 0.101. The molecule has 0 aliphatic carbocycles. The number of ether oxygens (including phenoxy) is 1. The summed E-state index contributed by atoms with van der Waals surface area (Å²) in [6, 6.07) is 2.16. The molecule has 1 aliphatic rings.